The average Bonchev–Trinajstić information content (AvgIpc) is 2.78. The first-order valence-electron chi connectivity index (χ1n) is 7.19. The summed E-state index contributed by atoms with van der Waals surface area (Å²) in [6, 6.07) is 8.74. The standard InChI is InChI=1S/C16H22FN3/c1-4-9-18-16-11-13(10-12(2)3)19-20(16)15-8-6-5-7-14(15)17/h5-8,11-12,18H,4,9-10H2,1-3H3. The van der Waals surface area contributed by atoms with Crippen molar-refractivity contribution < 1.29 is 4.39 Å². The molecule has 0 bridgehead atoms. The highest BCUT2D eigenvalue weighted by Gasteiger charge is 2.13. The maximum atomic E-state index is 14.0. The van der Waals surface area contributed by atoms with Gasteiger partial charge in [-0.1, -0.05) is 32.9 Å². The maximum Gasteiger partial charge on any atom is 0.148 e. The number of rotatable bonds is 6. The number of hydrogen-bond acceptors (Lipinski definition) is 2. The number of nitrogens with one attached hydrogen (secondary N) is 1. The Morgan fingerprint density at radius 3 is 2.70 bits per heavy atom. The van der Waals surface area contributed by atoms with Crippen molar-refractivity contribution in [3.8, 4) is 5.69 Å². The van der Waals surface area contributed by atoms with Crippen molar-refractivity contribution in [2.75, 3.05) is 11.9 Å². The van der Waals surface area contributed by atoms with Gasteiger partial charge < -0.3 is 5.32 Å². The summed E-state index contributed by atoms with van der Waals surface area (Å²) < 4.78 is 15.6. The molecule has 1 aromatic carbocycles. The highest BCUT2D eigenvalue weighted by Crippen LogP contribution is 2.21. The van der Waals surface area contributed by atoms with Gasteiger partial charge in [0.05, 0.1) is 5.69 Å². The van der Waals surface area contributed by atoms with Gasteiger partial charge in [-0.3, -0.25) is 0 Å². The van der Waals surface area contributed by atoms with Crippen LogP contribution in [-0.4, -0.2) is 16.3 Å². The van der Waals surface area contributed by atoms with Crippen LogP contribution in [-0.2, 0) is 6.42 Å². The Labute approximate surface area is 119 Å². The number of anilines is 1. The monoisotopic (exact) mass is 275 g/mol. The lowest BCUT2D eigenvalue weighted by Crippen LogP contribution is -2.08. The Bertz CT molecular complexity index is 561. The topological polar surface area (TPSA) is 29.9 Å². The maximum absolute atomic E-state index is 14.0. The zero-order valence-electron chi connectivity index (χ0n) is 12.4. The second-order valence-corrected chi connectivity index (χ2v) is 5.41. The molecular formula is C16H22FN3. The van der Waals surface area contributed by atoms with Crippen molar-refractivity contribution in [1.82, 2.24) is 9.78 Å². The van der Waals surface area contributed by atoms with Gasteiger partial charge in [0.2, 0.25) is 0 Å². The van der Waals surface area contributed by atoms with E-state index >= 15 is 0 Å². The largest absolute Gasteiger partial charge is 0.370 e. The Morgan fingerprint density at radius 2 is 2.05 bits per heavy atom. The SMILES string of the molecule is CCCNc1cc(CC(C)C)nn1-c1ccccc1F. The van der Waals surface area contributed by atoms with E-state index in [1.165, 1.54) is 6.07 Å². The van der Waals surface area contributed by atoms with Gasteiger partial charge in [0.1, 0.15) is 17.3 Å². The summed E-state index contributed by atoms with van der Waals surface area (Å²) in [4.78, 5) is 0. The molecule has 1 N–H and O–H groups in total. The van der Waals surface area contributed by atoms with E-state index in [2.05, 4.69) is 31.2 Å². The fraction of sp³-hybridized carbons (Fsp3) is 0.438. The van der Waals surface area contributed by atoms with E-state index in [0.717, 1.165) is 30.9 Å². The van der Waals surface area contributed by atoms with Crippen LogP contribution in [0.3, 0.4) is 0 Å². The molecule has 108 valence electrons. The molecule has 0 spiro atoms. The minimum absolute atomic E-state index is 0.258. The van der Waals surface area contributed by atoms with Gasteiger partial charge in [-0.25, -0.2) is 9.07 Å². The van der Waals surface area contributed by atoms with E-state index in [-0.39, 0.29) is 5.82 Å². The molecule has 1 heterocycles. The van der Waals surface area contributed by atoms with Crippen LogP contribution in [0.2, 0.25) is 0 Å². The number of aromatic nitrogens is 2. The van der Waals surface area contributed by atoms with Gasteiger partial charge in [-0.05, 0) is 30.9 Å². The molecule has 0 unspecified atom stereocenters. The summed E-state index contributed by atoms with van der Waals surface area (Å²) >= 11 is 0. The van der Waals surface area contributed by atoms with Crippen LogP contribution in [0.25, 0.3) is 5.69 Å². The highest BCUT2D eigenvalue weighted by atomic mass is 19.1. The van der Waals surface area contributed by atoms with Crippen LogP contribution in [0.1, 0.15) is 32.9 Å². The van der Waals surface area contributed by atoms with Crippen LogP contribution >= 0.6 is 0 Å². The summed E-state index contributed by atoms with van der Waals surface area (Å²) in [5.74, 6) is 1.12. The number of hydrogen-bond donors (Lipinski definition) is 1. The predicted octanol–water partition coefficient (Wildman–Crippen LogP) is 4.03. The van der Waals surface area contributed by atoms with E-state index in [9.17, 15) is 4.39 Å². The lowest BCUT2D eigenvalue weighted by Gasteiger charge is -2.09. The predicted molar refractivity (Wildman–Crippen MR) is 80.8 cm³/mol. The van der Waals surface area contributed by atoms with Crippen LogP contribution < -0.4 is 5.32 Å². The third kappa shape index (κ3) is 3.38. The molecule has 2 aromatic rings. The molecule has 2 rings (SSSR count). The summed E-state index contributed by atoms with van der Waals surface area (Å²) in [6.45, 7) is 7.26. The second kappa shape index (κ2) is 6.55. The number of nitrogens with zero attached hydrogens (tertiary/aromatic N) is 2. The van der Waals surface area contributed by atoms with Gasteiger partial charge in [-0.2, -0.15) is 5.10 Å². The minimum Gasteiger partial charge on any atom is -0.370 e. The van der Waals surface area contributed by atoms with Gasteiger partial charge in [0.25, 0.3) is 0 Å². The molecule has 3 nitrogen and oxygen atoms in total. The molecule has 0 saturated carbocycles. The van der Waals surface area contributed by atoms with E-state index in [4.69, 9.17) is 0 Å². The molecule has 4 heteroatoms. The number of halogens is 1. The smallest absolute Gasteiger partial charge is 0.148 e. The summed E-state index contributed by atoms with van der Waals surface area (Å²) in [5.41, 5.74) is 1.47. The molecule has 0 atom stereocenters. The molecule has 0 radical (unpaired) electrons. The van der Waals surface area contributed by atoms with Crippen LogP contribution in [0.5, 0.6) is 0 Å². The first-order valence-corrected chi connectivity index (χ1v) is 7.19. The van der Waals surface area contributed by atoms with Crippen molar-refractivity contribution in [3.63, 3.8) is 0 Å². The van der Waals surface area contributed by atoms with Crippen molar-refractivity contribution in [1.29, 1.82) is 0 Å². The van der Waals surface area contributed by atoms with E-state index in [1.54, 1.807) is 16.8 Å². The Balaban J connectivity index is 2.38. The van der Waals surface area contributed by atoms with Gasteiger partial charge in [0.15, 0.2) is 0 Å². The van der Waals surface area contributed by atoms with Crippen LogP contribution in [0, 0.1) is 11.7 Å². The average molecular weight is 275 g/mol. The van der Waals surface area contributed by atoms with Crippen LogP contribution in [0.4, 0.5) is 10.2 Å². The molecule has 20 heavy (non-hydrogen) atoms. The normalized spacial score (nSPS) is 11.1. The molecule has 0 saturated heterocycles. The van der Waals surface area contributed by atoms with Gasteiger partial charge in [-0.15, -0.1) is 0 Å². The Morgan fingerprint density at radius 1 is 1.30 bits per heavy atom. The zero-order chi connectivity index (χ0) is 14.5. The van der Waals surface area contributed by atoms with Crippen molar-refractivity contribution in [3.05, 3.63) is 41.8 Å². The fourth-order valence-electron chi connectivity index (χ4n) is 2.13. The van der Waals surface area contributed by atoms with E-state index in [0.29, 0.717) is 11.6 Å². The van der Waals surface area contributed by atoms with Crippen molar-refractivity contribution >= 4 is 5.82 Å². The zero-order valence-corrected chi connectivity index (χ0v) is 12.4. The fourth-order valence-corrected chi connectivity index (χ4v) is 2.13. The quantitative estimate of drug-likeness (QED) is 0.862. The Kier molecular flexibility index (Phi) is 4.77. The van der Waals surface area contributed by atoms with Gasteiger partial charge >= 0.3 is 0 Å². The molecule has 0 aliphatic heterocycles. The lowest BCUT2D eigenvalue weighted by atomic mass is 10.1. The first kappa shape index (κ1) is 14.6. The number of para-hydroxylation sites is 1. The molecule has 0 amide bonds. The van der Waals surface area contributed by atoms with Crippen molar-refractivity contribution in [2.45, 2.75) is 33.6 Å². The van der Waals surface area contributed by atoms with E-state index < -0.39 is 0 Å². The molecule has 0 aliphatic rings. The number of benzene rings is 1. The molecule has 0 aliphatic carbocycles. The molecule has 1 aromatic heterocycles. The van der Waals surface area contributed by atoms with Gasteiger partial charge in [0, 0.05) is 12.6 Å². The third-order valence-electron chi connectivity index (χ3n) is 3.01. The van der Waals surface area contributed by atoms with Crippen LogP contribution in [0.15, 0.2) is 30.3 Å². The lowest BCUT2D eigenvalue weighted by molar-refractivity contribution is 0.603. The second-order valence-electron chi connectivity index (χ2n) is 5.41. The highest BCUT2D eigenvalue weighted by molar-refractivity contribution is 5.47. The summed E-state index contributed by atoms with van der Waals surface area (Å²) in [7, 11) is 0. The summed E-state index contributed by atoms with van der Waals surface area (Å²) in [6.07, 6.45) is 1.91. The minimum atomic E-state index is -0.258. The van der Waals surface area contributed by atoms with E-state index in [1.807, 2.05) is 12.1 Å². The Hall–Kier alpha value is -1.84. The summed E-state index contributed by atoms with van der Waals surface area (Å²) in [5, 5.41) is 7.86. The first-order chi connectivity index (χ1) is 9.61. The van der Waals surface area contributed by atoms with Crippen molar-refractivity contribution in [2.24, 2.45) is 5.92 Å². The molecule has 0 fully saturated rings. The third-order valence-corrected chi connectivity index (χ3v) is 3.01. The molecular weight excluding hydrogens is 253 g/mol.